The van der Waals surface area contributed by atoms with Crippen LogP contribution < -0.4 is 9.47 Å². The Morgan fingerprint density at radius 1 is 0.372 bits per heavy atom. The van der Waals surface area contributed by atoms with Crippen molar-refractivity contribution in [2.75, 3.05) is 92.5 Å². The van der Waals surface area contributed by atoms with Gasteiger partial charge >= 0.3 is 0 Å². The zero-order valence-electron chi connectivity index (χ0n) is 24.3. The Bertz CT molecular complexity index is 1500. The molecule has 0 unspecified atom stereocenters. The smallest absolute Gasteiger partial charge is 0.120 e. The van der Waals surface area contributed by atoms with E-state index in [4.69, 9.17) is 37.9 Å². The van der Waals surface area contributed by atoms with Crippen LogP contribution in [0.3, 0.4) is 0 Å². The first-order chi connectivity index (χ1) is 21.4. The van der Waals surface area contributed by atoms with Crippen LogP contribution in [0, 0.1) is 0 Å². The van der Waals surface area contributed by atoms with Gasteiger partial charge in [0.25, 0.3) is 0 Å². The van der Waals surface area contributed by atoms with Crippen molar-refractivity contribution in [3.8, 4) is 11.5 Å². The first-order valence-corrected chi connectivity index (χ1v) is 15.7. The third-order valence-electron chi connectivity index (χ3n) is 7.23. The fraction of sp³-hybridized carbons (Fsp3) is 0.412. The Hall–Kier alpha value is -3.02. The van der Waals surface area contributed by atoms with Crippen LogP contribution in [-0.2, 0) is 28.4 Å². The van der Waals surface area contributed by atoms with E-state index in [9.17, 15) is 0 Å². The van der Waals surface area contributed by atoms with Crippen molar-refractivity contribution in [3.05, 3.63) is 60.7 Å². The fourth-order valence-electron chi connectivity index (χ4n) is 5.18. The maximum atomic E-state index is 6.09. The molecule has 0 spiro atoms. The maximum absolute atomic E-state index is 6.09. The van der Waals surface area contributed by atoms with Gasteiger partial charge in [-0.2, -0.15) is 0 Å². The Labute approximate surface area is 255 Å². The highest BCUT2D eigenvalue weighted by Gasteiger charge is 2.13. The Morgan fingerprint density at radius 3 is 1.07 bits per heavy atom. The van der Waals surface area contributed by atoms with Crippen molar-refractivity contribution in [3.63, 3.8) is 0 Å². The minimum absolute atomic E-state index is 0.466. The molecule has 0 saturated heterocycles. The third-order valence-corrected chi connectivity index (χ3v) is 8.35. The van der Waals surface area contributed by atoms with E-state index >= 15 is 0 Å². The molecule has 1 aromatic heterocycles. The van der Waals surface area contributed by atoms with Gasteiger partial charge in [-0.3, -0.25) is 0 Å². The molecule has 1 aliphatic rings. The summed E-state index contributed by atoms with van der Waals surface area (Å²) in [6.07, 6.45) is 0. The van der Waals surface area contributed by atoms with Crippen LogP contribution in [0.2, 0.25) is 0 Å². The van der Waals surface area contributed by atoms with E-state index in [2.05, 4.69) is 48.5 Å². The Morgan fingerprint density at radius 2 is 0.698 bits per heavy atom. The molecule has 5 aromatic rings. The van der Waals surface area contributed by atoms with E-state index in [-0.39, 0.29) is 0 Å². The van der Waals surface area contributed by atoms with Gasteiger partial charge in [-0.25, -0.2) is 0 Å². The SMILES string of the molecule is c1cc2ccc3sc4ccc5ccc6cc5c4c3c2cc1OCCOCCOCCOCCOCCOCCOCCO6. The summed E-state index contributed by atoms with van der Waals surface area (Å²) in [5.41, 5.74) is 0. The lowest BCUT2D eigenvalue weighted by atomic mass is 9.99. The van der Waals surface area contributed by atoms with Gasteiger partial charge in [0.15, 0.2) is 0 Å². The molecular formula is C34H38O8S. The molecule has 43 heavy (non-hydrogen) atoms. The quantitative estimate of drug-likeness (QED) is 0.205. The van der Waals surface area contributed by atoms with Gasteiger partial charge in [0.2, 0.25) is 0 Å². The van der Waals surface area contributed by atoms with Crippen LogP contribution >= 0.6 is 11.3 Å². The largest absolute Gasteiger partial charge is 0.491 e. The molecule has 0 N–H and O–H groups in total. The molecular weight excluding hydrogens is 568 g/mol. The van der Waals surface area contributed by atoms with Crippen LogP contribution in [-0.4, -0.2) is 92.5 Å². The lowest BCUT2D eigenvalue weighted by molar-refractivity contribution is -0.0187. The van der Waals surface area contributed by atoms with Crippen LogP contribution in [0.1, 0.15) is 0 Å². The lowest BCUT2D eigenvalue weighted by Gasteiger charge is -2.11. The van der Waals surface area contributed by atoms with Gasteiger partial charge in [-0.05, 0) is 57.9 Å². The first-order valence-electron chi connectivity index (χ1n) is 14.9. The molecule has 0 radical (unpaired) electrons. The zero-order valence-corrected chi connectivity index (χ0v) is 25.2. The van der Waals surface area contributed by atoms with Crippen molar-refractivity contribution in [1.82, 2.24) is 0 Å². The summed E-state index contributed by atoms with van der Waals surface area (Å²) in [7, 11) is 0. The molecule has 9 heteroatoms. The molecule has 4 bridgehead atoms. The summed E-state index contributed by atoms with van der Waals surface area (Å²) < 4.78 is 48.3. The normalized spacial score (nSPS) is 18.1. The van der Waals surface area contributed by atoms with E-state index in [1.165, 1.54) is 41.7 Å². The highest BCUT2D eigenvalue weighted by Crippen LogP contribution is 2.43. The summed E-state index contributed by atoms with van der Waals surface area (Å²) in [6, 6.07) is 21.4. The number of benzene rings is 4. The van der Waals surface area contributed by atoms with Crippen LogP contribution in [0.25, 0.3) is 41.7 Å². The Kier molecular flexibility index (Phi) is 10.9. The number of hydrogen-bond acceptors (Lipinski definition) is 9. The van der Waals surface area contributed by atoms with Crippen LogP contribution in [0.4, 0.5) is 0 Å². The molecule has 8 nitrogen and oxygen atoms in total. The topological polar surface area (TPSA) is 73.8 Å². The molecule has 0 amide bonds. The number of fused-ring (bicyclic) bond motifs is 2. The second kappa shape index (κ2) is 15.6. The maximum Gasteiger partial charge on any atom is 0.120 e. The van der Waals surface area contributed by atoms with Crippen LogP contribution in [0.15, 0.2) is 60.7 Å². The van der Waals surface area contributed by atoms with Gasteiger partial charge < -0.3 is 37.9 Å². The van der Waals surface area contributed by atoms with Gasteiger partial charge in [0, 0.05) is 20.2 Å². The molecule has 0 saturated carbocycles. The predicted octanol–water partition coefficient (Wildman–Crippen LogP) is 6.23. The van der Waals surface area contributed by atoms with E-state index < -0.39 is 0 Å². The summed E-state index contributed by atoms with van der Waals surface area (Å²) in [5.74, 6) is 1.66. The average Bonchev–Trinajstić information content (AvgIpc) is 3.43. The standard InChI is InChI=1S/C34H38O8S/c1-5-27-23-29-25(1)3-7-31-33(29)34-30-24-28(6-2-26(30)4-8-32(34)43-31)42-22-20-40-18-16-38-14-12-36-10-9-35-11-13-37-15-17-39-19-21-41-27/h1-8,23-24H,9-22H2. The van der Waals surface area contributed by atoms with Gasteiger partial charge in [0.05, 0.1) is 79.3 Å². The van der Waals surface area contributed by atoms with Crippen molar-refractivity contribution >= 4 is 53.1 Å². The van der Waals surface area contributed by atoms with E-state index in [0.717, 1.165) is 11.5 Å². The molecule has 228 valence electrons. The fourth-order valence-corrected chi connectivity index (χ4v) is 6.32. The Balaban J connectivity index is 1.21. The van der Waals surface area contributed by atoms with Gasteiger partial charge in [-0.15, -0.1) is 11.3 Å². The van der Waals surface area contributed by atoms with Crippen molar-refractivity contribution < 1.29 is 37.9 Å². The zero-order chi connectivity index (χ0) is 29.1. The minimum Gasteiger partial charge on any atom is -0.491 e. The van der Waals surface area contributed by atoms with Crippen LogP contribution in [0.5, 0.6) is 11.5 Å². The second-order valence-electron chi connectivity index (χ2n) is 10.1. The van der Waals surface area contributed by atoms with Crippen molar-refractivity contribution in [2.45, 2.75) is 0 Å². The predicted molar refractivity (Wildman–Crippen MR) is 170 cm³/mol. The monoisotopic (exact) mass is 606 g/mol. The first kappa shape index (κ1) is 30.0. The average molecular weight is 607 g/mol. The van der Waals surface area contributed by atoms with Crippen molar-refractivity contribution in [1.29, 1.82) is 0 Å². The molecule has 4 aromatic carbocycles. The molecule has 0 atom stereocenters. The molecule has 2 heterocycles. The summed E-state index contributed by atoms with van der Waals surface area (Å²) in [6.45, 7) is 7.09. The highest BCUT2D eigenvalue weighted by molar-refractivity contribution is 7.26. The number of rotatable bonds is 0. The summed E-state index contributed by atoms with van der Waals surface area (Å²) in [5, 5.41) is 7.21. The number of thiophene rings is 1. The lowest BCUT2D eigenvalue weighted by Crippen LogP contribution is -2.15. The molecule has 6 rings (SSSR count). The van der Waals surface area contributed by atoms with E-state index in [1.807, 2.05) is 23.5 Å². The second-order valence-corrected chi connectivity index (χ2v) is 11.2. The highest BCUT2D eigenvalue weighted by atomic mass is 32.1. The van der Waals surface area contributed by atoms with Crippen molar-refractivity contribution in [2.24, 2.45) is 0 Å². The van der Waals surface area contributed by atoms with E-state index in [1.54, 1.807) is 0 Å². The summed E-state index contributed by atoms with van der Waals surface area (Å²) >= 11 is 1.81. The van der Waals surface area contributed by atoms with E-state index in [0.29, 0.717) is 92.5 Å². The molecule has 1 aliphatic heterocycles. The van der Waals surface area contributed by atoms with Gasteiger partial charge in [-0.1, -0.05) is 24.3 Å². The summed E-state index contributed by atoms with van der Waals surface area (Å²) in [4.78, 5) is 0. The molecule has 0 aliphatic carbocycles. The van der Waals surface area contributed by atoms with Gasteiger partial charge in [0.1, 0.15) is 24.7 Å². The molecule has 0 fully saturated rings. The number of hydrogen-bond donors (Lipinski definition) is 0. The third kappa shape index (κ3) is 7.93. The minimum atomic E-state index is 0.466. The number of ether oxygens (including phenoxy) is 8.